The fraction of sp³-hybridized carbons (Fsp3) is 0.438. The predicted molar refractivity (Wildman–Crippen MR) is 80.5 cm³/mol. The Balaban J connectivity index is 1.65. The molecule has 0 aromatic heterocycles. The molecule has 0 bridgehead atoms. The number of ether oxygens (including phenoxy) is 1. The summed E-state index contributed by atoms with van der Waals surface area (Å²) in [5.74, 6) is -0.874. The monoisotopic (exact) mass is 322 g/mol. The van der Waals surface area contributed by atoms with Crippen molar-refractivity contribution >= 4 is 17.8 Å². The van der Waals surface area contributed by atoms with Crippen LogP contribution in [0.15, 0.2) is 24.3 Å². The number of hydrogen-bond donors (Lipinski definition) is 1. The molecule has 2 rings (SSSR count). The predicted octanol–water partition coefficient (Wildman–Crippen LogP) is 1.75. The second kappa shape index (κ2) is 8.26. The molecule has 7 heteroatoms. The summed E-state index contributed by atoms with van der Waals surface area (Å²) in [5.41, 5.74) is 0.385. The van der Waals surface area contributed by atoms with E-state index >= 15 is 0 Å². The van der Waals surface area contributed by atoms with Crippen LogP contribution in [0.5, 0.6) is 0 Å². The average molecular weight is 322 g/mol. The van der Waals surface area contributed by atoms with Crippen molar-refractivity contribution in [2.45, 2.75) is 19.3 Å². The normalized spacial score (nSPS) is 14.3. The molecule has 1 aliphatic heterocycles. The topological polar surface area (TPSA) is 75.7 Å². The van der Waals surface area contributed by atoms with E-state index in [-0.39, 0.29) is 30.6 Å². The molecule has 0 atom stereocenters. The maximum absolute atomic E-state index is 12.8. The number of nitrogens with zero attached hydrogens (tertiary/aromatic N) is 1. The second-order valence-electron chi connectivity index (χ2n) is 5.23. The molecule has 1 N–H and O–H groups in total. The standard InChI is InChI=1S/C16H19FN2O4/c17-13-4-2-12(3-5-13)14(20)6-7-15(21)18-8-10-19-9-1-11-23-16(19)22/h2-5H,1,6-11H2,(H,18,21). The van der Waals surface area contributed by atoms with Crippen LogP contribution in [0.4, 0.5) is 9.18 Å². The molecule has 0 aliphatic carbocycles. The van der Waals surface area contributed by atoms with Gasteiger partial charge in [-0.3, -0.25) is 9.59 Å². The van der Waals surface area contributed by atoms with Gasteiger partial charge in [-0.1, -0.05) is 0 Å². The zero-order valence-corrected chi connectivity index (χ0v) is 12.7. The summed E-state index contributed by atoms with van der Waals surface area (Å²) in [5, 5.41) is 2.67. The number of benzene rings is 1. The highest BCUT2D eigenvalue weighted by molar-refractivity contribution is 5.97. The number of carbonyl (C=O) groups is 3. The summed E-state index contributed by atoms with van der Waals surface area (Å²) < 4.78 is 17.7. The number of nitrogens with one attached hydrogen (secondary N) is 1. The molecule has 6 nitrogen and oxygen atoms in total. The highest BCUT2D eigenvalue weighted by atomic mass is 19.1. The number of ketones is 1. The van der Waals surface area contributed by atoms with Crippen LogP contribution in [0.25, 0.3) is 0 Å². The van der Waals surface area contributed by atoms with E-state index in [0.717, 1.165) is 6.42 Å². The first-order chi connectivity index (χ1) is 11.1. The van der Waals surface area contributed by atoms with Crippen LogP contribution in [-0.2, 0) is 9.53 Å². The lowest BCUT2D eigenvalue weighted by Crippen LogP contribution is -2.42. The van der Waals surface area contributed by atoms with Crippen molar-refractivity contribution in [3.63, 3.8) is 0 Å². The Morgan fingerprint density at radius 3 is 2.65 bits per heavy atom. The zero-order valence-electron chi connectivity index (χ0n) is 12.7. The first-order valence-corrected chi connectivity index (χ1v) is 7.53. The van der Waals surface area contributed by atoms with Crippen molar-refractivity contribution in [2.75, 3.05) is 26.2 Å². The van der Waals surface area contributed by atoms with E-state index in [1.165, 1.54) is 29.2 Å². The van der Waals surface area contributed by atoms with Crippen LogP contribution >= 0.6 is 0 Å². The first kappa shape index (κ1) is 16.9. The van der Waals surface area contributed by atoms with Gasteiger partial charge in [-0.05, 0) is 30.7 Å². The lowest BCUT2D eigenvalue weighted by molar-refractivity contribution is -0.121. The van der Waals surface area contributed by atoms with Crippen LogP contribution in [0.2, 0.25) is 0 Å². The molecule has 23 heavy (non-hydrogen) atoms. The fourth-order valence-electron chi connectivity index (χ4n) is 2.23. The van der Waals surface area contributed by atoms with Gasteiger partial charge >= 0.3 is 6.09 Å². The van der Waals surface area contributed by atoms with Gasteiger partial charge in [0.1, 0.15) is 5.82 Å². The van der Waals surface area contributed by atoms with Crippen LogP contribution in [0.1, 0.15) is 29.6 Å². The molecule has 0 unspecified atom stereocenters. The van der Waals surface area contributed by atoms with Gasteiger partial charge < -0.3 is 15.0 Å². The Morgan fingerprint density at radius 1 is 1.22 bits per heavy atom. The van der Waals surface area contributed by atoms with Gasteiger partial charge in [0.2, 0.25) is 5.91 Å². The molecule has 1 aromatic rings. The number of carbonyl (C=O) groups excluding carboxylic acids is 3. The quantitative estimate of drug-likeness (QED) is 0.776. The number of Topliss-reactive ketones (excluding diaryl/α,β-unsaturated/α-hetero) is 1. The summed E-state index contributed by atoms with van der Waals surface area (Å²) >= 11 is 0. The van der Waals surface area contributed by atoms with Crippen LogP contribution in [0.3, 0.4) is 0 Å². The van der Waals surface area contributed by atoms with Crippen molar-refractivity contribution in [2.24, 2.45) is 0 Å². The summed E-state index contributed by atoms with van der Waals surface area (Å²) in [4.78, 5) is 36.5. The third kappa shape index (κ3) is 5.36. The van der Waals surface area contributed by atoms with E-state index in [1.54, 1.807) is 0 Å². The minimum absolute atomic E-state index is 0.0562. The number of rotatable bonds is 7. The zero-order chi connectivity index (χ0) is 16.7. The van der Waals surface area contributed by atoms with Crippen molar-refractivity contribution in [1.82, 2.24) is 10.2 Å². The first-order valence-electron chi connectivity index (χ1n) is 7.53. The lowest BCUT2D eigenvalue weighted by atomic mass is 10.1. The van der Waals surface area contributed by atoms with E-state index in [9.17, 15) is 18.8 Å². The fourth-order valence-corrected chi connectivity index (χ4v) is 2.23. The van der Waals surface area contributed by atoms with Gasteiger partial charge in [0.15, 0.2) is 5.78 Å². The minimum atomic E-state index is -0.407. The van der Waals surface area contributed by atoms with E-state index < -0.39 is 5.82 Å². The summed E-state index contributed by atoms with van der Waals surface area (Å²) in [7, 11) is 0. The van der Waals surface area contributed by atoms with Crippen molar-refractivity contribution < 1.29 is 23.5 Å². The van der Waals surface area contributed by atoms with Crippen LogP contribution in [-0.4, -0.2) is 48.9 Å². The number of halogens is 1. The van der Waals surface area contributed by atoms with E-state index in [1.807, 2.05) is 0 Å². The van der Waals surface area contributed by atoms with Crippen molar-refractivity contribution in [3.05, 3.63) is 35.6 Å². The molecule has 124 valence electrons. The van der Waals surface area contributed by atoms with Gasteiger partial charge in [0.05, 0.1) is 6.61 Å². The Morgan fingerprint density at radius 2 is 1.96 bits per heavy atom. The third-order valence-electron chi connectivity index (χ3n) is 3.51. The minimum Gasteiger partial charge on any atom is -0.449 e. The molecule has 0 radical (unpaired) electrons. The average Bonchev–Trinajstić information content (AvgIpc) is 2.55. The van der Waals surface area contributed by atoms with Crippen LogP contribution < -0.4 is 5.32 Å². The molecule has 1 aromatic carbocycles. The molecule has 1 fully saturated rings. The second-order valence-corrected chi connectivity index (χ2v) is 5.23. The van der Waals surface area contributed by atoms with E-state index in [0.29, 0.717) is 31.8 Å². The van der Waals surface area contributed by atoms with Gasteiger partial charge in [-0.15, -0.1) is 0 Å². The van der Waals surface area contributed by atoms with Gasteiger partial charge in [-0.25, -0.2) is 9.18 Å². The maximum Gasteiger partial charge on any atom is 0.409 e. The van der Waals surface area contributed by atoms with Gasteiger partial charge in [-0.2, -0.15) is 0 Å². The SMILES string of the molecule is O=C(CCC(=O)c1ccc(F)cc1)NCCN1CCCOC1=O. The Labute approximate surface area is 133 Å². The van der Waals surface area contributed by atoms with Gasteiger partial charge in [0, 0.05) is 38.0 Å². The highest BCUT2D eigenvalue weighted by Gasteiger charge is 2.19. The van der Waals surface area contributed by atoms with Crippen LogP contribution in [0, 0.1) is 5.82 Å². The number of amides is 2. The molecule has 0 spiro atoms. The van der Waals surface area contributed by atoms with E-state index in [4.69, 9.17) is 4.74 Å². The van der Waals surface area contributed by atoms with Crippen molar-refractivity contribution in [1.29, 1.82) is 0 Å². The maximum atomic E-state index is 12.8. The highest BCUT2D eigenvalue weighted by Crippen LogP contribution is 2.07. The smallest absolute Gasteiger partial charge is 0.409 e. The third-order valence-corrected chi connectivity index (χ3v) is 3.51. The molecular formula is C16H19FN2O4. The van der Waals surface area contributed by atoms with Crippen molar-refractivity contribution in [3.8, 4) is 0 Å². The molecule has 1 heterocycles. The summed E-state index contributed by atoms with van der Waals surface area (Å²) in [6, 6.07) is 5.23. The summed E-state index contributed by atoms with van der Waals surface area (Å²) in [6.07, 6.45) is 0.535. The number of cyclic esters (lactones) is 1. The largest absolute Gasteiger partial charge is 0.449 e. The molecule has 1 aliphatic rings. The lowest BCUT2D eigenvalue weighted by Gasteiger charge is -2.26. The Bertz CT molecular complexity index is 574. The molecule has 2 amide bonds. The van der Waals surface area contributed by atoms with E-state index in [2.05, 4.69) is 5.32 Å². The Hall–Kier alpha value is -2.44. The summed E-state index contributed by atoms with van der Waals surface area (Å²) in [6.45, 7) is 1.76. The number of hydrogen-bond acceptors (Lipinski definition) is 4. The molecule has 1 saturated heterocycles. The Kier molecular flexibility index (Phi) is 6.08. The molecular weight excluding hydrogens is 303 g/mol. The van der Waals surface area contributed by atoms with Gasteiger partial charge in [0.25, 0.3) is 0 Å². The molecule has 0 saturated carbocycles.